The first-order chi connectivity index (χ1) is 12.6. The first kappa shape index (κ1) is 16.0. The molecule has 0 unspecified atom stereocenters. The summed E-state index contributed by atoms with van der Waals surface area (Å²) in [6.07, 6.45) is 0. The third-order valence-electron chi connectivity index (χ3n) is 3.56. The van der Waals surface area contributed by atoms with E-state index >= 15 is 0 Å². The summed E-state index contributed by atoms with van der Waals surface area (Å²) in [4.78, 5) is 19.8. The lowest BCUT2D eigenvalue weighted by molar-refractivity contribution is -0.114. The van der Waals surface area contributed by atoms with Crippen LogP contribution in [0.3, 0.4) is 0 Å². The van der Waals surface area contributed by atoms with Gasteiger partial charge < -0.3 is 16.4 Å². The molecule has 0 spiro atoms. The normalized spacial score (nSPS) is 10.8. The maximum Gasteiger partial charge on any atom is 0.248 e. The first-order valence-corrected chi connectivity index (χ1v) is 8.63. The smallest absolute Gasteiger partial charge is 0.248 e. The van der Waals surface area contributed by atoms with Crippen LogP contribution in [0.4, 0.5) is 23.3 Å². The Morgan fingerprint density at radius 2 is 1.81 bits per heavy atom. The summed E-state index contributed by atoms with van der Waals surface area (Å²) in [5.74, 6) is 0.505. The highest BCUT2D eigenvalue weighted by Gasteiger charge is 2.13. The van der Waals surface area contributed by atoms with E-state index in [0.717, 1.165) is 21.6 Å². The molecule has 0 bridgehead atoms. The quantitative estimate of drug-likeness (QED) is 0.512. The maximum atomic E-state index is 11.1. The van der Waals surface area contributed by atoms with Crippen molar-refractivity contribution < 1.29 is 4.79 Å². The highest BCUT2D eigenvalue weighted by atomic mass is 32.1. The minimum atomic E-state index is -0.116. The molecule has 4 rings (SSSR count). The van der Waals surface area contributed by atoms with E-state index in [-0.39, 0.29) is 11.9 Å². The second-order valence-electron chi connectivity index (χ2n) is 5.55. The van der Waals surface area contributed by atoms with Gasteiger partial charge in [-0.2, -0.15) is 9.67 Å². The first-order valence-electron chi connectivity index (χ1n) is 7.82. The number of rotatable bonds is 4. The number of fused-ring (bicyclic) bond motifs is 1. The number of nitrogens with one attached hydrogen (secondary N) is 2. The number of hydrogen-bond donors (Lipinski definition) is 3. The zero-order valence-corrected chi connectivity index (χ0v) is 14.6. The Kier molecular flexibility index (Phi) is 3.98. The lowest BCUT2D eigenvalue weighted by atomic mass is 10.3. The van der Waals surface area contributed by atoms with E-state index in [1.54, 1.807) is 12.1 Å². The van der Waals surface area contributed by atoms with Crippen LogP contribution in [0.1, 0.15) is 6.92 Å². The molecule has 0 saturated heterocycles. The van der Waals surface area contributed by atoms with Crippen molar-refractivity contribution in [1.29, 1.82) is 0 Å². The number of nitrogen functional groups attached to an aromatic ring is 1. The van der Waals surface area contributed by atoms with Gasteiger partial charge in [0.2, 0.25) is 22.9 Å². The molecule has 0 radical (unpaired) electrons. The maximum absolute atomic E-state index is 11.1. The van der Waals surface area contributed by atoms with Gasteiger partial charge in [0.1, 0.15) is 0 Å². The molecule has 4 N–H and O–H groups in total. The number of para-hydroxylation sites is 1. The molecular weight excluding hydrogens is 350 g/mol. The van der Waals surface area contributed by atoms with Gasteiger partial charge in [-0.15, -0.1) is 5.10 Å². The van der Waals surface area contributed by atoms with Gasteiger partial charge in [-0.05, 0) is 36.4 Å². The van der Waals surface area contributed by atoms with Crippen LogP contribution >= 0.6 is 11.3 Å². The summed E-state index contributed by atoms with van der Waals surface area (Å²) in [7, 11) is 0. The summed E-state index contributed by atoms with van der Waals surface area (Å²) in [6, 6.07) is 15.1. The molecule has 0 aliphatic heterocycles. The van der Waals surface area contributed by atoms with Gasteiger partial charge in [-0.3, -0.25) is 4.79 Å². The van der Waals surface area contributed by atoms with Crippen LogP contribution in [0.5, 0.6) is 0 Å². The summed E-state index contributed by atoms with van der Waals surface area (Å²) >= 11 is 1.49. The van der Waals surface area contributed by atoms with Crippen molar-refractivity contribution in [2.45, 2.75) is 6.92 Å². The molecule has 26 heavy (non-hydrogen) atoms. The number of carbonyl (C=O) groups excluding carboxylic acids is 1. The lowest BCUT2D eigenvalue weighted by Gasteiger charge is -2.04. The highest BCUT2D eigenvalue weighted by molar-refractivity contribution is 7.20. The number of nitrogens with zero attached hydrogens (tertiary/aromatic N) is 4. The Hall–Kier alpha value is -3.46. The fourth-order valence-corrected chi connectivity index (χ4v) is 3.36. The number of thiazole rings is 1. The van der Waals surface area contributed by atoms with Gasteiger partial charge in [-0.1, -0.05) is 23.5 Å². The van der Waals surface area contributed by atoms with Gasteiger partial charge in [0.05, 0.1) is 10.2 Å². The number of hydrogen-bond acceptors (Lipinski definition) is 7. The molecule has 0 atom stereocenters. The summed E-state index contributed by atoms with van der Waals surface area (Å²) in [5, 5.41) is 10.9. The van der Waals surface area contributed by atoms with Crippen LogP contribution in [0.2, 0.25) is 0 Å². The number of carbonyl (C=O) groups is 1. The Morgan fingerprint density at radius 3 is 2.54 bits per heavy atom. The SMILES string of the molecule is CC(=O)Nc1ccc(Nc2nc(N)n(-c3nc4ccccc4s3)n2)cc1. The van der Waals surface area contributed by atoms with E-state index in [0.29, 0.717) is 11.1 Å². The third-order valence-corrected chi connectivity index (χ3v) is 4.57. The van der Waals surface area contributed by atoms with E-state index in [1.807, 2.05) is 36.4 Å². The number of amides is 1. The van der Waals surface area contributed by atoms with Crippen molar-refractivity contribution in [3.8, 4) is 5.13 Å². The van der Waals surface area contributed by atoms with E-state index in [2.05, 4.69) is 25.7 Å². The van der Waals surface area contributed by atoms with Crippen molar-refractivity contribution in [3.63, 3.8) is 0 Å². The largest absolute Gasteiger partial charge is 0.368 e. The van der Waals surface area contributed by atoms with Crippen LogP contribution in [0.15, 0.2) is 48.5 Å². The molecule has 1 amide bonds. The van der Waals surface area contributed by atoms with Gasteiger partial charge in [-0.25, -0.2) is 4.98 Å². The van der Waals surface area contributed by atoms with Crippen molar-refractivity contribution in [1.82, 2.24) is 19.7 Å². The van der Waals surface area contributed by atoms with Crippen LogP contribution in [0.25, 0.3) is 15.3 Å². The Bertz CT molecular complexity index is 1050. The molecule has 8 nitrogen and oxygen atoms in total. The summed E-state index contributed by atoms with van der Waals surface area (Å²) < 4.78 is 2.57. The minimum Gasteiger partial charge on any atom is -0.368 e. The molecule has 2 heterocycles. The number of anilines is 4. The molecule has 4 aromatic rings. The standard InChI is InChI=1S/C17H15N7OS/c1-10(25)19-11-6-8-12(9-7-11)20-16-22-15(18)24(23-16)17-21-13-4-2-3-5-14(13)26-17/h2-9H,1H3,(H,19,25)(H3,18,20,22,23). The number of nitrogens with two attached hydrogens (primary N) is 1. The van der Waals surface area contributed by atoms with Gasteiger partial charge in [0.15, 0.2) is 0 Å². The zero-order valence-electron chi connectivity index (χ0n) is 13.8. The van der Waals surface area contributed by atoms with Crippen molar-refractivity contribution in [2.75, 3.05) is 16.4 Å². The Labute approximate surface area is 152 Å². The topological polar surface area (TPSA) is 111 Å². The molecule has 0 saturated carbocycles. The van der Waals surface area contributed by atoms with E-state index in [4.69, 9.17) is 5.73 Å². The minimum absolute atomic E-state index is 0.116. The summed E-state index contributed by atoms with van der Waals surface area (Å²) in [6.45, 7) is 1.47. The van der Waals surface area contributed by atoms with Crippen LogP contribution in [0, 0.1) is 0 Å². The van der Waals surface area contributed by atoms with Crippen LogP contribution in [-0.4, -0.2) is 25.7 Å². The third kappa shape index (κ3) is 3.20. The molecule has 0 aliphatic rings. The Morgan fingerprint density at radius 1 is 1.08 bits per heavy atom. The predicted molar refractivity (Wildman–Crippen MR) is 103 cm³/mol. The van der Waals surface area contributed by atoms with Crippen LogP contribution < -0.4 is 16.4 Å². The predicted octanol–water partition coefficient (Wildman–Crippen LogP) is 3.16. The monoisotopic (exact) mass is 365 g/mol. The fourth-order valence-electron chi connectivity index (χ4n) is 2.44. The van der Waals surface area contributed by atoms with Crippen LogP contribution in [-0.2, 0) is 4.79 Å². The van der Waals surface area contributed by atoms with E-state index in [1.165, 1.54) is 22.9 Å². The zero-order chi connectivity index (χ0) is 18.1. The second-order valence-corrected chi connectivity index (χ2v) is 6.56. The molecule has 130 valence electrons. The van der Waals surface area contributed by atoms with Gasteiger partial charge >= 0.3 is 0 Å². The average molecular weight is 365 g/mol. The highest BCUT2D eigenvalue weighted by Crippen LogP contribution is 2.26. The van der Waals surface area contributed by atoms with E-state index in [9.17, 15) is 4.79 Å². The molecule has 0 aliphatic carbocycles. The molecule has 0 fully saturated rings. The molecule has 2 aromatic heterocycles. The van der Waals surface area contributed by atoms with Crippen molar-refractivity contribution in [3.05, 3.63) is 48.5 Å². The number of aromatic nitrogens is 4. The van der Waals surface area contributed by atoms with E-state index < -0.39 is 0 Å². The Balaban J connectivity index is 1.57. The van der Waals surface area contributed by atoms with Crippen molar-refractivity contribution >= 4 is 50.7 Å². The summed E-state index contributed by atoms with van der Waals surface area (Å²) in [5.41, 5.74) is 8.39. The average Bonchev–Trinajstić information content (AvgIpc) is 3.19. The van der Waals surface area contributed by atoms with Gasteiger partial charge in [0, 0.05) is 18.3 Å². The number of benzene rings is 2. The fraction of sp³-hybridized carbons (Fsp3) is 0.0588. The molecular formula is C17H15N7OS. The lowest BCUT2D eigenvalue weighted by Crippen LogP contribution is -2.05. The molecule has 9 heteroatoms. The van der Waals surface area contributed by atoms with Crippen molar-refractivity contribution in [2.24, 2.45) is 0 Å². The van der Waals surface area contributed by atoms with Gasteiger partial charge in [0.25, 0.3) is 0 Å². The molecule has 2 aromatic carbocycles. The second kappa shape index (κ2) is 6.45.